The number of nitrogens with zero attached hydrogens (tertiary/aromatic N) is 2. The van der Waals surface area contributed by atoms with Gasteiger partial charge in [0.25, 0.3) is 0 Å². The van der Waals surface area contributed by atoms with E-state index in [4.69, 9.17) is 11.6 Å². The number of nitrogens with one attached hydrogen (secondary N) is 1. The van der Waals surface area contributed by atoms with Gasteiger partial charge in [0.1, 0.15) is 10.6 Å². The first-order valence-electron chi connectivity index (χ1n) is 6.11. The lowest BCUT2D eigenvalue weighted by Gasteiger charge is -2.13. The number of hydrogen-bond donors (Lipinski definition) is 2. The van der Waals surface area contributed by atoms with E-state index in [-0.39, 0.29) is 5.28 Å². The Morgan fingerprint density at radius 1 is 1.20 bits per heavy atom. The van der Waals surface area contributed by atoms with Crippen molar-refractivity contribution in [2.24, 2.45) is 0 Å². The van der Waals surface area contributed by atoms with Gasteiger partial charge in [0.2, 0.25) is 5.28 Å². The Bertz CT molecular complexity index is 717. The van der Waals surface area contributed by atoms with Crippen LogP contribution < -0.4 is 5.32 Å². The molecule has 0 saturated heterocycles. The van der Waals surface area contributed by atoms with E-state index < -0.39 is 6.10 Å². The molecule has 102 valence electrons. The van der Waals surface area contributed by atoms with Crippen molar-refractivity contribution in [3.8, 4) is 0 Å². The van der Waals surface area contributed by atoms with Crippen LogP contribution in [0.5, 0.6) is 0 Å². The monoisotopic (exact) mass is 305 g/mol. The highest BCUT2D eigenvalue weighted by atomic mass is 35.5. The molecule has 0 saturated carbocycles. The molecule has 20 heavy (non-hydrogen) atoms. The second-order valence-corrected chi connectivity index (χ2v) is 5.52. The Kier molecular flexibility index (Phi) is 3.82. The highest BCUT2D eigenvalue weighted by Gasteiger charge is 2.11. The fraction of sp³-hybridized carbons (Fsp3) is 0.143. The molecule has 3 rings (SSSR count). The molecule has 0 spiro atoms. The SMILES string of the molecule is OC(CNc1nc(Cl)nc2sccc12)c1ccccc1. The van der Waals surface area contributed by atoms with Gasteiger partial charge in [-0.05, 0) is 28.6 Å². The molecule has 1 unspecified atom stereocenters. The summed E-state index contributed by atoms with van der Waals surface area (Å²) in [6, 6.07) is 11.4. The summed E-state index contributed by atoms with van der Waals surface area (Å²) in [5, 5.41) is 16.3. The third-order valence-corrected chi connectivity index (χ3v) is 3.92. The molecule has 0 aliphatic heterocycles. The van der Waals surface area contributed by atoms with Crippen molar-refractivity contribution < 1.29 is 5.11 Å². The van der Waals surface area contributed by atoms with Crippen LogP contribution in [0, 0.1) is 0 Å². The topological polar surface area (TPSA) is 58.0 Å². The zero-order chi connectivity index (χ0) is 13.9. The number of halogens is 1. The summed E-state index contributed by atoms with van der Waals surface area (Å²) in [4.78, 5) is 9.16. The van der Waals surface area contributed by atoms with Crippen LogP contribution in [0.1, 0.15) is 11.7 Å². The number of rotatable bonds is 4. The van der Waals surface area contributed by atoms with E-state index in [1.54, 1.807) is 0 Å². The number of aliphatic hydroxyl groups is 1. The highest BCUT2D eigenvalue weighted by Crippen LogP contribution is 2.26. The first kappa shape index (κ1) is 13.3. The third kappa shape index (κ3) is 2.75. The van der Waals surface area contributed by atoms with E-state index in [2.05, 4.69) is 15.3 Å². The Morgan fingerprint density at radius 2 is 2.00 bits per heavy atom. The zero-order valence-electron chi connectivity index (χ0n) is 10.5. The Hall–Kier alpha value is -1.69. The minimum Gasteiger partial charge on any atom is -0.387 e. The average Bonchev–Trinajstić information content (AvgIpc) is 2.93. The lowest BCUT2D eigenvalue weighted by atomic mass is 10.1. The summed E-state index contributed by atoms with van der Waals surface area (Å²) < 4.78 is 0. The lowest BCUT2D eigenvalue weighted by Crippen LogP contribution is -2.13. The standard InChI is InChI=1S/C14H12ClN3OS/c15-14-17-12(10-6-7-20-13(10)18-14)16-8-11(19)9-4-2-1-3-5-9/h1-7,11,19H,8H2,(H,16,17,18). The van der Waals surface area contributed by atoms with Crippen LogP contribution in [0.4, 0.5) is 5.82 Å². The van der Waals surface area contributed by atoms with Crippen LogP contribution >= 0.6 is 22.9 Å². The molecule has 4 nitrogen and oxygen atoms in total. The molecule has 0 aliphatic carbocycles. The van der Waals surface area contributed by atoms with E-state index >= 15 is 0 Å². The number of anilines is 1. The Balaban J connectivity index is 1.78. The van der Waals surface area contributed by atoms with Crippen LogP contribution in [-0.4, -0.2) is 21.6 Å². The van der Waals surface area contributed by atoms with Crippen molar-refractivity contribution in [3.63, 3.8) is 0 Å². The smallest absolute Gasteiger partial charge is 0.225 e. The maximum absolute atomic E-state index is 10.1. The van der Waals surface area contributed by atoms with Crippen LogP contribution in [0.25, 0.3) is 10.2 Å². The predicted octanol–water partition coefficient (Wildman–Crippen LogP) is 3.49. The minimum absolute atomic E-state index is 0.205. The van der Waals surface area contributed by atoms with Crippen molar-refractivity contribution in [1.82, 2.24) is 9.97 Å². The average molecular weight is 306 g/mol. The zero-order valence-corrected chi connectivity index (χ0v) is 12.0. The highest BCUT2D eigenvalue weighted by molar-refractivity contribution is 7.16. The summed E-state index contributed by atoms with van der Waals surface area (Å²) >= 11 is 7.40. The van der Waals surface area contributed by atoms with Gasteiger partial charge < -0.3 is 10.4 Å². The van der Waals surface area contributed by atoms with Crippen molar-refractivity contribution in [1.29, 1.82) is 0 Å². The van der Waals surface area contributed by atoms with Gasteiger partial charge in [-0.25, -0.2) is 9.97 Å². The maximum atomic E-state index is 10.1. The van der Waals surface area contributed by atoms with E-state index in [1.165, 1.54) is 11.3 Å². The molecule has 0 amide bonds. The maximum Gasteiger partial charge on any atom is 0.225 e. The Morgan fingerprint density at radius 3 is 2.80 bits per heavy atom. The molecule has 1 atom stereocenters. The molecule has 0 aliphatic rings. The fourth-order valence-electron chi connectivity index (χ4n) is 1.95. The summed E-state index contributed by atoms with van der Waals surface area (Å²) in [6.07, 6.45) is -0.598. The molecule has 2 N–H and O–H groups in total. The lowest BCUT2D eigenvalue weighted by molar-refractivity contribution is 0.191. The van der Waals surface area contributed by atoms with Gasteiger partial charge in [-0.1, -0.05) is 30.3 Å². The van der Waals surface area contributed by atoms with E-state index in [9.17, 15) is 5.11 Å². The molecule has 0 bridgehead atoms. The van der Waals surface area contributed by atoms with Crippen LogP contribution in [0.2, 0.25) is 5.28 Å². The predicted molar refractivity (Wildman–Crippen MR) is 82.3 cm³/mol. The van der Waals surface area contributed by atoms with Crippen molar-refractivity contribution in [3.05, 3.63) is 52.6 Å². The van der Waals surface area contributed by atoms with Gasteiger partial charge in [0, 0.05) is 6.54 Å². The largest absolute Gasteiger partial charge is 0.387 e. The van der Waals surface area contributed by atoms with Crippen LogP contribution in [-0.2, 0) is 0 Å². The van der Waals surface area contributed by atoms with E-state index in [0.29, 0.717) is 12.4 Å². The third-order valence-electron chi connectivity index (χ3n) is 2.94. The number of thiophene rings is 1. The van der Waals surface area contributed by atoms with Crippen LogP contribution in [0.3, 0.4) is 0 Å². The van der Waals surface area contributed by atoms with Crippen LogP contribution in [0.15, 0.2) is 41.8 Å². The van der Waals surface area contributed by atoms with E-state index in [1.807, 2.05) is 41.8 Å². The molecule has 0 fully saturated rings. The second kappa shape index (κ2) is 5.75. The molecular weight excluding hydrogens is 294 g/mol. The number of hydrogen-bond acceptors (Lipinski definition) is 5. The number of aliphatic hydroxyl groups excluding tert-OH is 1. The number of fused-ring (bicyclic) bond motifs is 1. The Labute approximate surface area is 125 Å². The van der Waals surface area contributed by atoms with Gasteiger partial charge in [0.05, 0.1) is 11.5 Å². The molecule has 0 radical (unpaired) electrons. The van der Waals surface area contributed by atoms with Gasteiger partial charge in [-0.15, -0.1) is 11.3 Å². The van der Waals surface area contributed by atoms with Crippen molar-refractivity contribution in [2.75, 3.05) is 11.9 Å². The molecule has 1 aromatic carbocycles. The first-order valence-corrected chi connectivity index (χ1v) is 7.37. The molecule has 2 aromatic heterocycles. The summed E-state index contributed by atoms with van der Waals surface area (Å²) in [7, 11) is 0. The first-order chi connectivity index (χ1) is 9.74. The van der Waals surface area contributed by atoms with Gasteiger partial charge in [-0.3, -0.25) is 0 Å². The summed E-state index contributed by atoms with van der Waals surface area (Å²) in [5.41, 5.74) is 0.863. The van der Waals surface area contributed by atoms with Crippen molar-refractivity contribution in [2.45, 2.75) is 6.10 Å². The number of benzene rings is 1. The second-order valence-electron chi connectivity index (χ2n) is 4.29. The van der Waals surface area contributed by atoms with E-state index in [0.717, 1.165) is 15.8 Å². The van der Waals surface area contributed by atoms with Gasteiger partial charge in [0.15, 0.2) is 0 Å². The molecule has 2 heterocycles. The molecular formula is C14H12ClN3OS. The van der Waals surface area contributed by atoms with Gasteiger partial charge >= 0.3 is 0 Å². The molecule has 6 heteroatoms. The normalized spacial score (nSPS) is 12.5. The minimum atomic E-state index is -0.598. The summed E-state index contributed by atoms with van der Waals surface area (Å²) in [5.74, 6) is 0.649. The molecule has 3 aromatic rings. The van der Waals surface area contributed by atoms with Gasteiger partial charge in [-0.2, -0.15) is 0 Å². The summed E-state index contributed by atoms with van der Waals surface area (Å²) in [6.45, 7) is 0.363. The quantitative estimate of drug-likeness (QED) is 0.724. The number of aromatic nitrogens is 2. The fourth-order valence-corrected chi connectivity index (χ4v) is 2.93. The van der Waals surface area contributed by atoms with Crippen molar-refractivity contribution >= 4 is 39.0 Å².